The van der Waals surface area contributed by atoms with Crippen molar-refractivity contribution >= 4 is 15.9 Å². The molecule has 3 heteroatoms. The fourth-order valence-corrected chi connectivity index (χ4v) is 3.85. The second-order valence-electron chi connectivity index (χ2n) is 5.76. The van der Waals surface area contributed by atoms with Gasteiger partial charge in [0.05, 0.1) is 0 Å². The third-order valence-electron chi connectivity index (χ3n) is 4.42. The van der Waals surface area contributed by atoms with Crippen molar-refractivity contribution in [2.75, 3.05) is 20.1 Å². The summed E-state index contributed by atoms with van der Waals surface area (Å²) in [7, 11) is 2.05. The smallest absolute Gasteiger partial charge is 0.0348 e. The van der Waals surface area contributed by atoms with E-state index < -0.39 is 0 Å². The molecule has 1 aliphatic heterocycles. The van der Waals surface area contributed by atoms with Crippen LogP contribution in [0.4, 0.5) is 0 Å². The van der Waals surface area contributed by atoms with Crippen molar-refractivity contribution in [3.05, 3.63) is 34.3 Å². The summed E-state index contributed by atoms with van der Waals surface area (Å²) in [5.74, 6) is 0. The molecule has 1 aromatic carbocycles. The maximum atomic E-state index is 3.61. The van der Waals surface area contributed by atoms with Crippen molar-refractivity contribution in [1.82, 2.24) is 10.2 Å². The number of piperidine rings is 1. The molecule has 0 saturated carbocycles. The van der Waals surface area contributed by atoms with Crippen LogP contribution in [-0.4, -0.2) is 31.1 Å². The third kappa shape index (κ3) is 4.06. The second kappa shape index (κ2) is 8.16. The van der Waals surface area contributed by atoms with Crippen molar-refractivity contribution in [3.63, 3.8) is 0 Å². The van der Waals surface area contributed by atoms with Crippen LogP contribution in [-0.2, 0) is 0 Å². The number of benzene rings is 1. The van der Waals surface area contributed by atoms with Crippen LogP contribution in [0.1, 0.15) is 50.6 Å². The summed E-state index contributed by atoms with van der Waals surface area (Å²) in [6.07, 6.45) is 6.54. The first-order chi connectivity index (χ1) is 9.76. The Balaban J connectivity index is 2.15. The van der Waals surface area contributed by atoms with Gasteiger partial charge in [0.15, 0.2) is 0 Å². The molecule has 112 valence electrons. The van der Waals surface area contributed by atoms with Crippen molar-refractivity contribution in [1.29, 1.82) is 0 Å². The molecule has 1 N–H and O–H groups in total. The Kier molecular flexibility index (Phi) is 6.53. The minimum Gasteiger partial charge on any atom is -0.320 e. The SMILES string of the molecule is CCC(c1cccc(Br)c1)N1CCCCC1CCNC. The van der Waals surface area contributed by atoms with E-state index in [0.29, 0.717) is 6.04 Å². The zero-order valence-electron chi connectivity index (χ0n) is 12.7. The molecule has 0 spiro atoms. The summed E-state index contributed by atoms with van der Waals surface area (Å²) in [5, 5.41) is 3.31. The maximum Gasteiger partial charge on any atom is 0.0348 e. The first-order valence-corrected chi connectivity index (χ1v) is 8.71. The van der Waals surface area contributed by atoms with Crippen molar-refractivity contribution in [3.8, 4) is 0 Å². The molecular formula is C17H27BrN2. The molecule has 0 amide bonds. The number of rotatable bonds is 6. The van der Waals surface area contributed by atoms with Crippen LogP contribution in [0.15, 0.2) is 28.7 Å². The van der Waals surface area contributed by atoms with Gasteiger partial charge in [-0.2, -0.15) is 0 Å². The van der Waals surface area contributed by atoms with E-state index in [2.05, 4.69) is 64.4 Å². The van der Waals surface area contributed by atoms with Gasteiger partial charge in [-0.3, -0.25) is 4.90 Å². The minimum atomic E-state index is 0.564. The zero-order valence-corrected chi connectivity index (χ0v) is 14.3. The van der Waals surface area contributed by atoms with Gasteiger partial charge in [0.25, 0.3) is 0 Å². The van der Waals surface area contributed by atoms with Gasteiger partial charge in [0, 0.05) is 16.6 Å². The Morgan fingerprint density at radius 2 is 2.25 bits per heavy atom. The Morgan fingerprint density at radius 1 is 1.40 bits per heavy atom. The quantitative estimate of drug-likeness (QED) is 0.828. The Hall–Kier alpha value is -0.380. The van der Waals surface area contributed by atoms with Crippen LogP contribution in [0.5, 0.6) is 0 Å². The van der Waals surface area contributed by atoms with Crippen LogP contribution in [0.25, 0.3) is 0 Å². The molecular weight excluding hydrogens is 312 g/mol. The van der Waals surface area contributed by atoms with Gasteiger partial charge >= 0.3 is 0 Å². The lowest BCUT2D eigenvalue weighted by Gasteiger charge is -2.41. The molecule has 1 aromatic rings. The van der Waals surface area contributed by atoms with Crippen molar-refractivity contribution < 1.29 is 0 Å². The average molecular weight is 339 g/mol. The Labute approximate surface area is 132 Å². The summed E-state index contributed by atoms with van der Waals surface area (Å²) in [6.45, 7) is 4.69. The number of halogens is 1. The van der Waals surface area contributed by atoms with Crippen LogP contribution < -0.4 is 5.32 Å². The molecule has 1 aliphatic rings. The molecule has 2 nitrogen and oxygen atoms in total. The van der Waals surface area contributed by atoms with Gasteiger partial charge < -0.3 is 5.32 Å². The van der Waals surface area contributed by atoms with Crippen LogP contribution in [0.3, 0.4) is 0 Å². The summed E-state index contributed by atoms with van der Waals surface area (Å²) in [6, 6.07) is 10.1. The molecule has 20 heavy (non-hydrogen) atoms. The summed E-state index contributed by atoms with van der Waals surface area (Å²) < 4.78 is 1.19. The molecule has 1 heterocycles. The van der Waals surface area contributed by atoms with Gasteiger partial charge in [-0.05, 0) is 63.5 Å². The molecule has 0 radical (unpaired) electrons. The molecule has 0 aliphatic carbocycles. The number of likely N-dealkylation sites (tertiary alicyclic amines) is 1. The molecule has 0 bridgehead atoms. The standard InChI is InChI=1S/C17H27BrN2/c1-3-17(14-7-6-8-15(18)13-14)20-12-5-4-9-16(20)10-11-19-2/h6-8,13,16-17,19H,3-5,9-12H2,1-2H3. The van der Waals surface area contributed by atoms with Crippen LogP contribution in [0.2, 0.25) is 0 Å². The highest BCUT2D eigenvalue weighted by Gasteiger charge is 2.28. The highest BCUT2D eigenvalue weighted by atomic mass is 79.9. The Bertz CT molecular complexity index is 408. The van der Waals surface area contributed by atoms with E-state index in [-0.39, 0.29) is 0 Å². The van der Waals surface area contributed by atoms with Crippen molar-refractivity contribution in [2.24, 2.45) is 0 Å². The van der Waals surface area contributed by atoms with E-state index in [1.165, 1.54) is 48.7 Å². The average Bonchev–Trinajstić information content (AvgIpc) is 2.47. The van der Waals surface area contributed by atoms with Crippen molar-refractivity contribution in [2.45, 2.75) is 51.1 Å². The largest absolute Gasteiger partial charge is 0.320 e. The Morgan fingerprint density at radius 3 is 2.95 bits per heavy atom. The van der Waals surface area contributed by atoms with Gasteiger partial charge in [-0.25, -0.2) is 0 Å². The van der Waals surface area contributed by atoms with Gasteiger partial charge in [0.2, 0.25) is 0 Å². The van der Waals surface area contributed by atoms with E-state index in [4.69, 9.17) is 0 Å². The van der Waals surface area contributed by atoms with E-state index >= 15 is 0 Å². The monoisotopic (exact) mass is 338 g/mol. The molecule has 2 rings (SSSR count). The highest BCUT2D eigenvalue weighted by molar-refractivity contribution is 9.10. The lowest BCUT2D eigenvalue weighted by Crippen LogP contribution is -2.43. The van der Waals surface area contributed by atoms with Gasteiger partial charge in [-0.15, -0.1) is 0 Å². The molecule has 0 aromatic heterocycles. The van der Waals surface area contributed by atoms with Gasteiger partial charge in [0.1, 0.15) is 0 Å². The number of hydrogen-bond donors (Lipinski definition) is 1. The third-order valence-corrected chi connectivity index (χ3v) is 4.91. The zero-order chi connectivity index (χ0) is 14.4. The van der Waals surface area contributed by atoms with Gasteiger partial charge in [-0.1, -0.05) is 41.4 Å². The van der Waals surface area contributed by atoms with E-state index in [9.17, 15) is 0 Å². The predicted molar refractivity (Wildman–Crippen MR) is 90.1 cm³/mol. The predicted octanol–water partition coefficient (Wildman–Crippen LogP) is 4.36. The molecule has 1 fully saturated rings. The lowest BCUT2D eigenvalue weighted by molar-refractivity contribution is 0.0860. The van der Waals surface area contributed by atoms with E-state index in [0.717, 1.165) is 12.6 Å². The van der Waals surface area contributed by atoms with E-state index in [1.807, 2.05) is 0 Å². The fraction of sp³-hybridized carbons (Fsp3) is 0.647. The minimum absolute atomic E-state index is 0.564. The van der Waals surface area contributed by atoms with Crippen LogP contribution >= 0.6 is 15.9 Å². The number of nitrogens with one attached hydrogen (secondary N) is 1. The van der Waals surface area contributed by atoms with Crippen LogP contribution in [0, 0.1) is 0 Å². The summed E-state index contributed by atoms with van der Waals surface area (Å²) in [4.78, 5) is 2.75. The molecule has 2 unspecified atom stereocenters. The fourth-order valence-electron chi connectivity index (χ4n) is 3.43. The normalized spacial score (nSPS) is 21.9. The first-order valence-electron chi connectivity index (χ1n) is 7.92. The summed E-state index contributed by atoms with van der Waals surface area (Å²) in [5.41, 5.74) is 1.46. The summed E-state index contributed by atoms with van der Waals surface area (Å²) >= 11 is 3.61. The maximum absolute atomic E-state index is 3.61. The molecule has 1 saturated heterocycles. The second-order valence-corrected chi connectivity index (χ2v) is 6.67. The number of nitrogens with zero attached hydrogens (tertiary/aromatic N) is 1. The topological polar surface area (TPSA) is 15.3 Å². The van der Waals surface area contributed by atoms with E-state index in [1.54, 1.807) is 0 Å². The first kappa shape index (κ1) is 16.0. The number of hydrogen-bond acceptors (Lipinski definition) is 2. The lowest BCUT2D eigenvalue weighted by atomic mass is 9.93. The molecule has 2 atom stereocenters. The highest BCUT2D eigenvalue weighted by Crippen LogP contribution is 2.33.